The monoisotopic (exact) mass is 404 g/mol. The Labute approximate surface area is 170 Å². The van der Waals surface area contributed by atoms with Crippen molar-refractivity contribution in [2.24, 2.45) is 0 Å². The lowest BCUT2D eigenvalue weighted by Crippen LogP contribution is -2.09. The number of phenolic OH excluding ortho intramolecular Hbond substituents is 1. The van der Waals surface area contributed by atoms with E-state index in [4.69, 9.17) is 19.3 Å². The minimum Gasteiger partial charge on any atom is -0.507 e. The van der Waals surface area contributed by atoms with Gasteiger partial charge in [-0.15, -0.1) is 0 Å². The van der Waals surface area contributed by atoms with Crippen LogP contribution in [0.5, 0.6) is 11.5 Å². The van der Waals surface area contributed by atoms with E-state index in [1.165, 1.54) is 6.92 Å². The van der Waals surface area contributed by atoms with Gasteiger partial charge in [0.25, 0.3) is 0 Å². The number of hydrogen-bond donors (Lipinski definition) is 2. The molecule has 0 amide bonds. The van der Waals surface area contributed by atoms with E-state index < -0.39 is 5.97 Å². The van der Waals surface area contributed by atoms with Gasteiger partial charge in [0.2, 0.25) is 0 Å². The fourth-order valence-electron chi connectivity index (χ4n) is 2.97. The molecule has 1 aromatic rings. The van der Waals surface area contributed by atoms with E-state index >= 15 is 0 Å². The molecule has 29 heavy (non-hydrogen) atoms. The van der Waals surface area contributed by atoms with Gasteiger partial charge in [-0.2, -0.15) is 0 Å². The number of allylic oxidation sites excluding steroid dienone is 4. The summed E-state index contributed by atoms with van der Waals surface area (Å²) in [5, 5.41) is 19.0. The number of hydrogen-bond acceptors (Lipinski definition) is 6. The third-order valence-corrected chi connectivity index (χ3v) is 4.41. The topological polar surface area (TPSA) is 102 Å². The number of carboxylic acids is 1. The lowest BCUT2D eigenvalue weighted by molar-refractivity contribution is -0.140. The zero-order valence-corrected chi connectivity index (χ0v) is 16.9. The summed E-state index contributed by atoms with van der Waals surface area (Å²) in [6.45, 7) is 3.99. The van der Waals surface area contributed by atoms with Gasteiger partial charge >= 0.3 is 5.97 Å². The molecule has 1 aliphatic rings. The van der Waals surface area contributed by atoms with E-state index in [2.05, 4.69) is 0 Å². The predicted molar refractivity (Wildman–Crippen MR) is 107 cm³/mol. The van der Waals surface area contributed by atoms with Crippen LogP contribution in [0.25, 0.3) is 0 Å². The van der Waals surface area contributed by atoms with E-state index in [9.17, 15) is 14.7 Å². The second-order valence-electron chi connectivity index (χ2n) is 6.74. The maximum atomic E-state index is 11.6. The van der Waals surface area contributed by atoms with Crippen LogP contribution in [0.3, 0.4) is 0 Å². The first-order valence-corrected chi connectivity index (χ1v) is 9.78. The molecule has 0 saturated carbocycles. The lowest BCUT2D eigenvalue weighted by atomic mass is 10.0. The Kier molecular flexibility index (Phi) is 8.58. The SMILES string of the molecule is CCCc1c(OCCCOC2=CC=C(OCC(=O)O)CC2)ccc(C(C)=O)c1O. The first kappa shape index (κ1) is 22.3. The number of Topliss-reactive ketones (excluding diaryl/α,β-unsaturated/α-hetero) is 1. The maximum Gasteiger partial charge on any atom is 0.341 e. The van der Waals surface area contributed by atoms with Crippen molar-refractivity contribution in [1.29, 1.82) is 0 Å². The van der Waals surface area contributed by atoms with E-state index in [0.29, 0.717) is 61.5 Å². The lowest BCUT2D eigenvalue weighted by Gasteiger charge is -2.17. The summed E-state index contributed by atoms with van der Waals surface area (Å²) in [6, 6.07) is 3.32. The van der Waals surface area contributed by atoms with Crippen molar-refractivity contribution < 1.29 is 34.0 Å². The highest BCUT2D eigenvalue weighted by Gasteiger charge is 2.16. The molecular formula is C22H28O7. The Morgan fingerprint density at radius 2 is 1.69 bits per heavy atom. The molecule has 0 unspecified atom stereocenters. The highest BCUT2D eigenvalue weighted by molar-refractivity contribution is 5.97. The summed E-state index contributed by atoms with van der Waals surface area (Å²) in [5.41, 5.74) is 0.975. The van der Waals surface area contributed by atoms with Crippen molar-refractivity contribution in [3.05, 3.63) is 46.9 Å². The van der Waals surface area contributed by atoms with Gasteiger partial charge in [-0.1, -0.05) is 13.3 Å². The summed E-state index contributed by atoms with van der Waals surface area (Å²) in [6.07, 6.45) is 6.90. The Balaban J connectivity index is 1.80. The van der Waals surface area contributed by atoms with Crippen molar-refractivity contribution in [2.45, 2.75) is 46.0 Å². The number of benzene rings is 1. The summed E-state index contributed by atoms with van der Waals surface area (Å²) < 4.78 is 16.7. The predicted octanol–water partition coefficient (Wildman–Crippen LogP) is 4.00. The smallest absolute Gasteiger partial charge is 0.341 e. The van der Waals surface area contributed by atoms with E-state index in [0.717, 1.165) is 12.2 Å². The summed E-state index contributed by atoms with van der Waals surface area (Å²) in [7, 11) is 0. The van der Waals surface area contributed by atoms with Gasteiger partial charge in [0.15, 0.2) is 12.4 Å². The number of ketones is 1. The number of carbonyl (C=O) groups excluding carboxylic acids is 1. The normalized spacial score (nSPS) is 13.3. The molecule has 7 nitrogen and oxygen atoms in total. The summed E-state index contributed by atoms with van der Waals surface area (Å²) >= 11 is 0. The minimum atomic E-state index is -0.997. The van der Waals surface area contributed by atoms with Crippen LogP contribution in [0.2, 0.25) is 0 Å². The molecule has 0 atom stereocenters. The second-order valence-corrected chi connectivity index (χ2v) is 6.74. The third kappa shape index (κ3) is 6.85. The molecule has 0 aliphatic heterocycles. The molecule has 1 aromatic carbocycles. The maximum absolute atomic E-state index is 11.6. The van der Waals surface area contributed by atoms with Crippen LogP contribution in [-0.2, 0) is 20.7 Å². The van der Waals surface area contributed by atoms with Crippen molar-refractivity contribution in [1.82, 2.24) is 0 Å². The Hall–Kier alpha value is -2.96. The van der Waals surface area contributed by atoms with Crippen molar-refractivity contribution in [2.75, 3.05) is 19.8 Å². The zero-order chi connectivity index (χ0) is 21.2. The van der Waals surface area contributed by atoms with Crippen LogP contribution in [0.4, 0.5) is 0 Å². The third-order valence-electron chi connectivity index (χ3n) is 4.41. The Morgan fingerprint density at radius 1 is 1.03 bits per heavy atom. The fourth-order valence-corrected chi connectivity index (χ4v) is 2.97. The highest BCUT2D eigenvalue weighted by atomic mass is 16.5. The van der Waals surface area contributed by atoms with E-state index in [1.807, 2.05) is 6.92 Å². The van der Waals surface area contributed by atoms with Gasteiger partial charge in [-0.05, 0) is 37.6 Å². The van der Waals surface area contributed by atoms with Crippen LogP contribution in [0, 0.1) is 0 Å². The number of aliphatic carboxylic acids is 1. The number of phenols is 1. The summed E-state index contributed by atoms with van der Waals surface area (Å²) in [4.78, 5) is 22.1. The molecule has 0 fully saturated rings. The first-order chi connectivity index (χ1) is 13.9. The standard InChI is InChI=1S/C22H28O7/c1-3-5-19-20(11-10-18(15(2)23)22(19)26)28-13-4-12-27-16-6-8-17(9-7-16)29-14-21(24)25/h6,8,10-11,26H,3-5,7,9,12-14H2,1-2H3,(H,24,25). The van der Waals surface area contributed by atoms with Crippen LogP contribution >= 0.6 is 0 Å². The second kappa shape index (κ2) is 11.1. The van der Waals surface area contributed by atoms with Crippen LogP contribution in [0.15, 0.2) is 35.8 Å². The van der Waals surface area contributed by atoms with Gasteiger partial charge in [-0.25, -0.2) is 4.79 Å². The van der Waals surface area contributed by atoms with Crippen molar-refractivity contribution in [3.63, 3.8) is 0 Å². The van der Waals surface area contributed by atoms with Crippen LogP contribution in [-0.4, -0.2) is 41.8 Å². The number of carbonyl (C=O) groups is 2. The zero-order valence-electron chi connectivity index (χ0n) is 16.9. The number of carboxylic acid groups (broad SMARTS) is 1. The first-order valence-electron chi connectivity index (χ1n) is 9.78. The molecule has 2 N–H and O–H groups in total. The molecule has 0 heterocycles. The molecule has 158 valence electrons. The summed E-state index contributed by atoms with van der Waals surface area (Å²) in [5.74, 6) is 0.889. The molecule has 0 aromatic heterocycles. The van der Waals surface area contributed by atoms with Gasteiger partial charge in [0, 0.05) is 24.8 Å². The Bertz CT molecular complexity index is 793. The Morgan fingerprint density at radius 3 is 2.28 bits per heavy atom. The van der Waals surface area contributed by atoms with Gasteiger partial charge < -0.3 is 24.4 Å². The molecule has 7 heteroatoms. The quantitative estimate of drug-likeness (QED) is 0.401. The van der Waals surface area contributed by atoms with Crippen LogP contribution in [0.1, 0.15) is 55.5 Å². The molecule has 0 radical (unpaired) electrons. The number of ether oxygens (including phenoxy) is 3. The molecule has 0 spiro atoms. The van der Waals surface area contributed by atoms with E-state index in [-0.39, 0.29) is 18.1 Å². The molecule has 0 saturated heterocycles. The fraction of sp³-hybridized carbons (Fsp3) is 0.455. The molecule has 1 aliphatic carbocycles. The van der Waals surface area contributed by atoms with Crippen molar-refractivity contribution >= 4 is 11.8 Å². The van der Waals surface area contributed by atoms with E-state index in [1.54, 1.807) is 24.3 Å². The van der Waals surface area contributed by atoms with Gasteiger partial charge in [0.05, 0.1) is 30.3 Å². The molecular weight excluding hydrogens is 376 g/mol. The minimum absolute atomic E-state index is 0.00756. The van der Waals surface area contributed by atoms with Crippen LogP contribution < -0.4 is 4.74 Å². The average Bonchev–Trinajstić information content (AvgIpc) is 2.69. The average molecular weight is 404 g/mol. The highest BCUT2D eigenvalue weighted by Crippen LogP contribution is 2.33. The van der Waals surface area contributed by atoms with Gasteiger partial charge in [-0.3, -0.25) is 4.79 Å². The van der Waals surface area contributed by atoms with Gasteiger partial charge in [0.1, 0.15) is 11.5 Å². The van der Waals surface area contributed by atoms with Crippen molar-refractivity contribution in [3.8, 4) is 11.5 Å². The molecule has 2 rings (SSSR count). The number of rotatable bonds is 12. The molecule has 0 bridgehead atoms. The largest absolute Gasteiger partial charge is 0.507 e. The number of aromatic hydroxyl groups is 1.